The number of hydrogen-bond acceptors (Lipinski definition) is 2. The molecule has 1 aliphatic heterocycles. The van der Waals surface area contributed by atoms with Gasteiger partial charge in [0.05, 0.1) is 5.92 Å². The maximum absolute atomic E-state index is 12.6. The molecule has 0 unspecified atom stereocenters. The van der Waals surface area contributed by atoms with Crippen LogP contribution < -0.4 is 5.32 Å². The molecule has 1 aromatic heterocycles. The van der Waals surface area contributed by atoms with Crippen LogP contribution in [0, 0.1) is 11.8 Å². The number of aromatic nitrogens is 2. The van der Waals surface area contributed by atoms with Gasteiger partial charge in [-0.3, -0.25) is 0 Å². The fourth-order valence-corrected chi connectivity index (χ4v) is 3.56. The average molecular weight is 301 g/mol. The van der Waals surface area contributed by atoms with Crippen molar-refractivity contribution in [1.82, 2.24) is 14.9 Å². The Labute approximate surface area is 122 Å². The third-order valence-electron chi connectivity index (χ3n) is 4.92. The summed E-state index contributed by atoms with van der Waals surface area (Å²) in [4.78, 5) is 4.31. The van der Waals surface area contributed by atoms with Crippen molar-refractivity contribution in [3.05, 3.63) is 18.2 Å². The highest BCUT2D eigenvalue weighted by atomic mass is 19.4. The molecule has 0 radical (unpaired) electrons. The van der Waals surface area contributed by atoms with E-state index >= 15 is 0 Å². The van der Waals surface area contributed by atoms with Crippen LogP contribution in [0.4, 0.5) is 13.2 Å². The maximum atomic E-state index is 12.6. The number of rotatable bonds is 3. The van der Waals surface area contributed by atoms with Gasteiger partial charge in [0.15, 0.2) is 0 Å². The molecule has 1 aromatic rings. The molecule has 1 aliphatic carbocycles. The van der Waals surface area contributed by atoms with Crippen LogP contribution in [-0.2, 0) is 13.0 Å². The summed E-state index contributed by atoms with van der Waals surface area (Å²) >= 11 is 0. The highest BCUT2D eigenvalue weighted by Crippen LogP contribution is 2.37. The zero-order chi connectivity index (χ0) is 14.9. The van der Waals surface area contributed by atoms with Gasteiger partial charge in [-0.1, -0.05) is 0 Å². The minimum atomic E-state index is -4.01. The summed E-state index contributed by atoms with van der Waals surface area (Å²) in [5, 5.41) is 3.49. The van der Waals surface area contributed by atoms with Crippen molar-refractivity contribution in [2.24, 2.45) is 11.8 Å². The van der Waals surface area contributed by atoms with Crippen molar-refractivity contribution in [2.75, 3.05) is 6.54 Å². The Bertz CT molecular complexity index is 461. The zero-order valence-electron chi connectivity index (χ0n) is 12.1. The van der Waals surface area contributed by atoms with E-state index in [0.717, 1.165) is 31.8 Å². The molecular formula is C15H22F3N3. The van der Waals surface area contributed by atoms with Crippen LogP contribution >= 0.6 is 0 Å². The molecule has 1 atom stereocenters. The van der Waals surface area contributed by atoms with E-state index in [4.69, 9.17) is 0 Å². The standard InChI is InChI=1S/C15H22F3N3/c16-15(17,18)12-2-4-13(5-3-12)20-9-11-1-6-14-19-7-8-21(14)10-11/h7-8,11-13,20H,1-6,9-10H2/t11-,12?,13?/m1/s1. The monoisotopic (exact) mass is 301 g/mol. The lowest BCUT2D eigenvalue weighted by Crippen LogP contribution is -2.40. The van der Waals surface area contributed by atoms with E-state index in [9.17, 15) is 13.2 Å². The first-order valence-corrected chi connectivity index (χ1v) is 7.82. The van der Waals surface area contributed by atoms with E-state index in [1.54, 1.807) is 0 Å². The van der Waals surface area contributed by atoms with E-state index in [0.29, 0.717) is 18.8 Å². The highest BCUT2D eigenvalue weighted by molar-refractivity contribution is 4.97. The SMILES string of the molecule is FC(F)(F)C1CCC(NC[C@H]2CCc3nccn3C2)CC1. The van der Waals surface area contributed by atoms with Gasteiger partial charge in [-0.15, -0.1) is 0 Å². The number of nitrogens with one attached hydrogen (secondary N) is 1. The molecule has 0 spiro atoms. The normalized spacial score (nSPS) is 30.1. The Morgan fingerprint density at radius 3 is 2.67 bits per heavy atom. The molecule has 2 aliphatic rings. The number of nitrogens with zero attached hydrogens (tertiary/aromatic N) is 2. The number of hydrogen-bond donors (Lipinski definition) is 1. The Morgan fingerprint density at radius 2 is 1.95 bits per heavy atom. The Morgan fingerprint density at radius 1 is 1.19 bits per heavy atom. The van der Waals surface area contributed by atoms with E-state index in [2.05, 4.69) is 14.9 Å². The van der Waals surface area contributed by atoms with Crippen molar-refractivity contribution >= 4 is 0 Å². The second kappa shape index (κ2) is 5.99. The molecule has 6 heteroatoms. The van der Waals surface area contributed by atoms with Crippen LogP contribution in [0.1, 0.15) is 37.9 Å². The number of alkyl halides is 3. The molecule has 1 N–H and O–H groups in total. The molecule has 2 heterocycles. The van der Waals surface area contributed by atoms with Gasteiger partial charge in [-0.05, 0) is 44.6 Å². The lowest BCUT2D eigenvalue weighted by atomic mass is 9.85. The van der Waals surface area contributed by atoms with Crippen LogP contribution in [-0.4, -0.2) is 28.3 Å². The van der Waals surface area contributed by atoms with Crippen molar-refractivity contribution in [2.45, 2.75) is 57.3 Å². The van der Waals surface area contributed by atoms with Gasteiger partial charge in [0.1, 0.15) is 5.82 Å². The number of imidazole rings is 1. The molecule has 1 fully saturated rings. The minimum Gasteiger partial charge on any atom is -0.335 e. The summed E-state index contributed by atoms with van der Waals surface area (Å²) in [5.41, 5.74) is 0. The predicted molar refractivity (Wildman–Crippen MR) is 73.8 cm³/mol. The van der Waals surface area contributed by atoms with Crippen LogP contribution in [0.2, 0.25) is 0 Å². The second-order valence-corrected chi connectivity index (χ2v) is 6.40. The Kier molecular flexibility index (Phi) is 4.24. The van der Waals surface area contributed by atoms with Crippen molar-refractivity contribution in [3.8, 4) is 0 Å². The summed E-state index contributed by atoms with van der Waals surface area (Å²) in [6.07, 6.45) is 3.79. The van der Waals surface area contributed by atoms with E-state index in [-0.39, 0.29) is 18.9 Å². The molecule has 21 heavy (non-hydrogen) atoms. The van der Waals surface area contributed by atoms with Gasteiger partial charge in [0, 0.05) is 31.4 Å². The summed E-state index contributed by atoms with van der Waals surface area (Å²) in [6, 6.07) is 0.257. The maximum Gasteiger partial charge on any atom is 0.391 e. The predicted octanol–water partition coefficient (Wildman–Crippen LogP) is 3.16. The highest BCUT2D eigenvalue weighted by Gasteiger charge is 2.41. The largest absolute Gasteiger partial charge is 0.391 e. The van der Waals surface area contributed by atoms with E-state index in [1.165, 1.54) is 0 Å². The topological polar surface area (TPSA) is 29.9 Å². The van der Waals surface area contributed by atoms with Crippen LogP contribution in [0.5, 0.6) is 0 Å². The number of halogens is 3. The first-order valence-electron chi connectivity index (χ1n) is 7.82. The van der Waals surface area contributed by atoms with Gasteiger partial charge >= 0.3 is 6.18 Å². The van der Waals surface area contributed by atoms with Crippen LogP contribution in [0.3, 0.4) is 0 Å². The lowest BCUT2D eigenvalue weighted by molar-refractivity contribution is -0.182. The first-order chi connectivity index (χ1) is 10.0. The van der Waals surface area contributed by atoms with Crippen LogP contribution in [0.25, 0.3) is 0 Å². The van der Waals surface area contributed by atoms with Crippen molar-refractivity contribution < 1.29 is 13.2 Å². The summed E-state index contributed by atoms with van der Waals surface area (Å²) < 4.78 is 40.1. The summed E-state index contributed by atoms with van der Waals surface area (Å²) in [7, 11) is 0. The van der Waals surface area contributed by atoms with Crippen LogP contribution in [0.15, 0.2) is 12.4 Å². The zero-order valence-corrected chi connectivity index (χ0v) is 12.1. The Balaban J connectivity index is 1.41. The van der Waals surface area contributed by atoms with E-state index < -0.39 is 12.1 Å². The van der Waals surface area contributed by atoms with Gasteiger partial charge in [-0.25, -0.2) is 4.98 Å². The van der Waals surface area contributed by atoms with Crippen molar-refractivity contribution in [3.63, 3.8) is 0 Å². The Hall–Kier alpha value is -1.04. The van der Waals surface area contributed by atoms with Gasteiger partial charge < -0.3 is 9.88 Å². The molecular weight excluding hydrogens is 279 g/mol. The van der Waals surface area contributed by atoms with Gasteiger partial charge in [-0.2, -0.15) is 13.2 Å². The quantitative estimate of drug-likeness (QED) is 0.929. The molecule has 3 nitrogen and oxygen atoms in total. The summed E-state index contributed by atoms with van der Waals surface area (Å²) in [5.74, 6) is 0.628. The fraction of sp³-hybridized carbons (Fsp3) is 0.800. The minimum absolute atomic E-state index is 0.257. The molecule has 0 saturated heterocycles. The third kappa shape index (κ3) is 3.59. The van der Waals surface area contributed by atoms with E-state index in [1.807, 2.05) is 12.4 Å². The van der Waals surface area contributed by atoms with Gasteiger partial charge in [0.2, 0.25) is 0 Å². The molecule has 0 amide bonds. The second-order valence-electron chi connectivity index (χ2n) is 6.40. The van der Waals surface area contributed by atoms with Gasteiger partial charge in [0.25, 0.3) is 0 Å². The molecule has 3 rings (SSSR count). The lowest BCUT2D eigenvalue weighted by Gasteiger charge is -2.32. The number of fused-ring (bicyclic) bond motifs is 1. The number of aryl methyl sites for hydroxylation is 1. The molecule has 1 saturated carbocycles. The average Bonchev–Trinajstić information content (AvgIpc) is 2.92. The fourth-order valence-electron chi connectivity index (χ4n) is 3.56. The molecule has 0 bridgehead atoms. The molecule has 118 valence electrons. The smallest absolute Gasteiger partial charge is 0.335 e. The third-order valence-corrected chi connectivity index (χ3v) is 4.92. The molecule has 0 aromatic carbocycles. The van der Waals surface area contributed by atoms with Crippen molar-refractivity contribution in [1.29, 1.82) is 0 Å². The first kappa shape index (κ1) is 14.9. The summed E-state index contributed by atoms with van der Waals surface area (Å²) in [6.45, 7) is 1.87.